The van der Waals surface area contributed by atoms with Crippen molar-refractivity contribution in [3.05, 3.63) is 111 Å². The number of aliphatic hydroxyl groups excluding tert-OH is 2. The van der Waals surface area contributed by atoms with Crippen molar-refractivity contribution < 1.29 is 39.2 Å². The van der Waals surface area contributed by atoms with E-state index >= 15 is 0 Å². The number of ketones is 2. The van der Waals surface area contributed by atoms with Gasteiger partial charge in [-0.2, -0.15) is 0 Å². The van der Waals surface area contributed by atoms with Crippen LogP contribution in [0.5, 0.6) is 5.75 Å². The number of rotatable bonds is 7. The molecule has 0 fully saturated rings. The Morgan fingerprint density at radius 3 is 2.37 bits per heavy atom. The second-order valence-electron chi connectivity index (χ2n) is 12.4. The van der Waals surface area contributed by atoms with Crippen LogP contribution in [0.3, 0.4) is 0 Å². The van der Waals surface area contributed by atoms with Crippen LogP contribution in [-0.4, -0.2) is 68.5 Å². The van der Waals surface area contributed by atoms with E-state index in [9.17, 15) is 39.2 Å². The average molecular weight is 628 g/mol. The fraction of sp³-hybridized carbons (Fsp3) is 0.286. The summed E-state index contributed by atoms with van der Waals surface area (Å²) in [7, 11) is 3.17. The minimum absolute atomic E-state index is 0.0107. The number of carbonyl (C=O) groups excluding carboxylic acids is 3. The summed E-state index contributed by atoms with van der Waals surface area (Å²) in [6.45, 7) is 1.03. The van der Waals surface area contributed by atoms with Crippen LogP contribution < -0.4 is 11.1 Å². The molecule has 0 bridgehead atoms. The molecule has 3 aliphatic rings. The van der Waals surface area contributed by atoms with Gasteiger partial charge in [0, 0.05) is 24.6 Å². The summed E-state index contributed by atoms with van der Waals surface area (Å²) in [4.78, 5) is 41.2. The third-order valence-corrected chi connectivity index (χ3v) is 9.42. The number of halogens is 1. The van der Waals surface area contributed by atoms with E-state index in [0.29, 0.717) is 24.2 Å². The van der Waals surface area contributed by atoms with Crippen molar-refractivity contribution in [2.45, 2.75) is 37.6 Å². The van der Waals surface area contributed by atoms with Gasteiger partial charge in [0.25, 0.3) is 5.91 Å². The number of hydrogen-bond donors (Lipinski definition) is 6. The summed E-state index contributed by atoms with van der Waals surface area (Å²) in [5.74, 6) is -7.15. The number of nitrogens with zero attached hydrogens (tertiary/aromatic N) is 1. The lowest BCUT2D eigenvalue weighted by Gasteiger charge is -2.50. The van der Waals surface area contributed by atoms with Crippen molar-refractivity contribution in [1.82, 2.24) is 10.2 Å². The maximum absolute atomic E-state index is 14.0. The lowest BCUT2D eigenvalue weighted by Crippen LogP contribution is -2.63. The van der Waals surface area contributed by atoms with Gasteiger partial charge in [-0.25, -0.2) is 4.39 Å². The van der Waals surface area contributed by atoms with E-state index in [-0.39, 0.29) is 35.5 Å². The zero-order chi connectivity index (χ0) is 33.1. The van der Waals surface area contributed by atoms with Crippen LogP contribution in [0.4, 0.5) is 4.39 Å². The second-order valence-corrected chi connectivity index (χ2v) is 12.4. The standard InChI is InChI=1S/C35H34FN3O7/c1-39(2)29-24-14-20-13-23-22(19-8-6-17(7-9-19)15-38-16-18-4-3-5-21(36)12-18)10-11-25(40)27(23)30(41)26(20)32(43)35(24,46)33(44)28(31(29)42)34(37)45/h3-12,20,24,29,38,40,42-43,46H,13-16H2,1-2H3,(H2,37,45). The maximum Gasteiger partial charge on any atom is 0.255 e. The molecular weight excluding hydrogens is 593 g/mol. The van der Waals surface area contributed by atoms with Crippen molar-refractivity contribution in [1.29, 1.82) is 0 Å². The Hall–Kier alpha value is -4.84. The number of amides is 1. The third kappa shape index (κ3) is 4.87. The van der Waals surface area contributed by atoms with Crippen LogP contribution >= 0.6 is 0 Å². The number of likely N-dealkylation sites (N-methyl/N-ethyl adjacent to an activating group) is 1. The van der Waals surface area contributed by atoms with Gasteiger partial charge < -0.3 is 31.5 Å². The Morgan fingerprint density at radius 1 is 1.02 bits per heavy atom. The maximum atomic E-state index is 14.0. The van der Waals surface area contributed by atoms with Crippen molar-refractivity contribution in [3.8, 4) is 16.9 Å². The number of primary amides is 1. The molecule has 4 atom stereocenters. The minimum Gasteiger partial charge on any atom is -0.510 e. The number of allylic oxidation sites excluding steroid dienone is 1. The number of aliphatic hydroxyl groups is 3. The summed E-state index contributed by atoms with van der Waals surface area (Å²) < 4.78 is 13.5. The number of phenols is 1. The van der Waals surface area contributed by atoms with E-state index in [1.54, 1.807) is 26.2 Å². The molecule has 3 aromatic rings. The Labute approximate surface area is 264 Å². The molecule has 3 aliphatic carbocycles. The number of nitrogens with one attached hydrogen (secondary N) is 1. The number of fused-ring (bicyclic) bond motifs is 3. The largest absolute Gasteiger partial charge is 0.510 e. The van der Waals surface area contributed by atoms with E-state index in [2.05, 4.69) is 5.32 Å². The number of benzene rings is 3. The summed E-state index contributed by atoms with van der Waals surface area (Å²) in [6.07, 6.45) is 0.200. The van der Waals surface area contributed by atoms with E-state index in [1.165, 1.54) is 23.1 Å². The van der Waals surface area contributed by atoms with Crippen molar-refractivity contribution in [2.75, 3.05) is 14.1 Å². The molecule has 0 saturated heterocycles. The molecule has 46 heavy (non-hydrogen) atoms. The predicted molar refractivity (Wildman–Crippen MR) is 166 cm³/mol. The Morgan fingerprint density at radius 2 is 1.72 bits per heavy atom. The molecule has 0 aromatic heterocycles. The summed E-state index contributed by atoms with van der Waals surface area (Å²) >= 11 is 0. The monoisotopic (exact) mass is 627 g/mol. The number of carbonyl (C=O) groups is 3. The molecule has 238 valence electrons. The molecule has 10 nitrogen and oxygen atoms in total. The molecule has 6 rings (SSSR count). The molecule has 0 spiro atoms. The van der Waals surface area contributed by atoms with Crippen LogP contribution in [0, 0.1) is 17.7 Å². The van der Waals surface area contributed by atoms with E-state index in [0.717, 1.165) is 16.7 Å². The van der Waals surface area contributed by atoms with Gasteiger partial charge in [0.1, 0.15) is 28.7 Å². The molecule has 11 heteroatoms. The minimum atomic E-state index is -2.68. The second kappa shape index (κ2) is 11.5. The van der Waals surface area contributed by atoms with Crippen LogP contribution in [-0.2, 0) is 29.1 Å². The van der Waals surface area contributed by atoms with Gasteiger partial charge >= 0.3 is 0 Å². The van der Waals surface area contributed by atoms with E-state index < -0.39 is 58.0 Å². The number of Topliss-reactive ketones (excluding diaryl/α,β-unsaturated/α-hetero) is 2. The first-order valence-electron chi connectivity index (χ1n) is 14.9. The Kier molecular flexibility index (Phi) is 7.79. The first kappa shape index (κ1) is 31.2. The van der Waals surface area contributed by atoms with Gasteiger partial charge in [0.2, 0.25) is 5.78 Å². The van der Waals surface area contributed by atoms with Gasteiger partial charge in [-0.15, -0.1) is 0 Å². The zero-order valence-corrected chi connectivity index (χ0v) is 25.3. The number of nitrogens with two attached hydrogens (primary N) is 1. The molecule has 0 aliphatic heterocycles. The number of hydrogen-bond acceptors (Lipinski definition) is 9. The molecule has 3 aromatic carbocycles. The Balaban J connectivity index is 1.34. The normalized spacial score (nSPS) is 24.2. The highest BCUT2D eigenvalue weighted by Gasteiger charge is 2.63. The summed E-state index contributed by atoms with van der Waals surface area (Å²) in [5.41, 5.74) is 5.46. The van der Waals surface area contributed by atoms with Gasteiger partial charge in [0.15, 0.2) is 11.4 Å². The number of aromatic hydroxyl groups is 1. The van der Waals surface area contributed by atoms with Crippen LogP contribution in [0.2, 0.25) is 0 Å². The van der Waals surface area contributed by atoms with Gasteiger partial charge in [-0.3, -0.25) is 19.3 Å². The lowest BCUT2D eigenvalue weighted by atomic mass is 9.58. The highest BCUT2D eigenvalue weighted by atomic mass is 19.1. The average Bonchev–Trinajstić information content (AvgIpc) is 2.99. The Bertz CT molecular complexity index is 1850. The molecule has 7 N–H and O–H groups in total. The van der Waals surface area contributed by atoms with Gasteiger partial charge in [0.05, 0.1) is 11.6 Å². The third-order valence-electron chi connectivity index (χ3n) is 9.42. The van der Waals surface area contributed by atoms with Crippen LogP contribution in [0.1, 0.15) is 33.5 Å². The molecule has 4 unspecified atom stereocenters. The molecule has 0 radical (unpaired) electrons. The smallest absolute Gasteiger partial charge is 0.255 e. The summed E-state index contributed by atoms with van der Waals surface area (Å²) in [6, 6.07) is 16.1. The fourth-order valence-corrected chi connectivity index (χ4v) is 7.32. The molecule has 0 saturated carbocycles. The van der Waals surface area contributed by atoms with Crippen LogP contribution in [0.25, 0.3) is 11.1 Å². The van der Waals surface area contributed by atoms with E-state index in [1.807, 2.05) is 30.3 Å². The highest BCUT2D eigenvalue weighted by Crippen LogP contribution is 2.53. The molecular formula is C35H34FN3O7. The number of phenolic OH excluding ortho intramolecular Hbond substituents is 1. The predicted octanol–water partition coefficient (Wildman–Crippen LogP) is 3.22. The quantitative estimate of drug-likeness (QED) is 0.215. The molecule has 0 heterocycles. The van der Waals surface area contributed by atoms with Crippen molar-refractivity contribution in [2.24, 2.45) is 17.6 Å². The zero-order valence-electron chi connectivity index (χ0n) is 25.3. The first-order valence-corrected chi connectivity index (χ1v) is 14.9. The van der Waals surface area contributed by atoms with Crippen LogP contribution in [0.15, 0.2) is 83.3 Å². The first-order chi connectivity index (χ1) is 21.8. The molecule has 1 amide bonds. The highest BCUT2D eigenvalue weighted by molar-refractivity contribution is 6.24. The summed E-state index contributed by atoms with van der Waals surface area (Å²) in [5, 5.41) is 48.3. The lowest BCUT2D eigenvalue weighted by molar-refractivity contribution is -0.148. The van der Waals surface area contributed by atoms with Gasteiger partial charge in [-0.05, 0) is 78.9 Å². The SMILES string of the molecule is CN(C)C1C(O)=C(C(N)=O)C(=O)C2(O)C(O)=C3C(=O)c4c(O)ccc(-c5ccc(CNCc6cccc(F)c6)cc5)c4CC3CC12. The topological polar surface area (TPSA) is 173 Å². The van der Waals surface area contributed by atoms with Crippen molar-refractivity contribution in [3.63, 3.8) is 0 Å². The van der Waals surface area contributed by atoms with Gasteiger partial charge in [-0.1, -0.05) is 42.5 Å². The van der Waals surface area contributed by atoms with E-state index in [4.69, 9.17) is 5.73 Å². The van der Waals surface area contributed by atoms with Crippen molar-refractivity contribution >= 4 is 17.5 Å². The fourth-order valence-electron chi connectivity index (χ4n) is 7.32.